The van der Waals surface area contributed by atoms with Gasteiger partial charge in [0.1, 0.15) is 11.5 Å². The highest BCUT2D eigenvalue weighted by Crippen LogP contribution is 2.27. The summed E-state index contributed by atoms with van der Waals surface area (Å²) < 4.78 is 0. The lowest BCUT2D eigenvalue weighted by Gasteiger charge is -2.18. The van der Waals surface area contributed by atoms with Crippen LogP contribution in [0, 0.1) is 6.92 Å². The van der Waals surface area contributed by atoms with Gasteiger partial charge in [-0.1, -0.05) is 78.4 Å². The summed E-state index contributed by atoms with van der Waals surface area (Å²) in [6, 6.07) is 27.5. The van der Waals surface area contributed by atoms with Gasteiger partial charge < -0.3 is 0 Å². The molecule has 0 aliphatic carbocycles. The zero-order valence-corrected chi connectivity index (χ0v) is 14.5. The maximum absolute atomic E-state index is 13.1. The number of carbonyl (C=O) groups excluding carboxylic acids is 1. The van der Waals surface area contributed by atoms with E-state index in [4.69, 9.17) is 0 Å². The normalized spacial score (nSPS) is 15.4. The average Bonchev–Trinajstić information content (AvgIpc) is 3.00. The molecular weight excluding hydrogens is 320 g/mol. The van der Waals surface area contributed by atoms with Crippen molar-refractivity contribution in [2.75, 3.05) is 4.90 Å². The van der Waals surface area contributed by atoms with Crippen molar-refractivity contribution < 1.29 is 4.79 Å². The van der Waals surface area contributed by atoms with Gasteiger partial charge in [0.15, 0.2) is 0 Å². The lowest BCUT2D eigenvalue weighted by Crippen LogP contribution is -2.32. The number of hydrogen-bond donors (Lipinski definition) is 0. The fourth-order valence-corrected chi connectivity index (χ4v) is 2.94. The molecule has 0 spiro atoms. The van der Waals surface area contributed by atoms with Crippen molar-refractivity contribution in [3.63, 3.8) is 0 Å². The van der Waals surface area contributed by atoms with Crippen LogP contribution in [0.15, 0.2) is 95.6 Å². The number of aliphatic imine (C=N–C) groups is 1. The van der Waals surface area contributed by atoms with Crippen LogP contribution < -0.4 is 4.90 Å². The van der Waals surface area contributed by atoms with Crippen molar-refractivity contribution in [3.8, 4) is 0 Å². The molecule has 0 fully saturated rings. The third-order valence-corrected chi connectivity index (χ3v) is 4.29. The molecule has 0 atom stereocenters. The highest BCUT2D eigenvalue weighted by molar-refractivity contribution is 6.33. The van der Waals surface area contributed by atoms with Crippen LogP contribution in [0.25, 0.3) is 6.08 Å². The van der Waals surface area contributed by atoms with Gasteiger partial charge in [0.2, 0.25) is 0 Å². The molecule has 126 valence electrons. The third-order valence-electron chi connectivity index (χ3n) is 4.29. The molecule has 1 heterocycles. The number of aryl methyl sites for hydroxylation is 1. The van der Waals surface area contributed by atoms with Crippen LogP contribution >= 0.6 is 0 Å². The zero-order chi connectivity index (χ0) is 17.9. The first kappa shape index (κ1) is 16.0. The Labute approximate surface area is 152 Å². The second kappa shape index (κ2) is 6.81. The van der Waals surface area contributed by atoms with Crippen molar-refractivity contribution >= 4 is 23.5 Å². The van der Waals surface area contributed by atoms with Crippen LogP contribution in [0.3, 0.4) is 0 Å². The van der Waals surface area contributed by atoms with E-state index < -0.39 is 0 Å². The number of nitrogens with zero attached hydrogens (tertiary/aromatic N) is 2. The van der Waals surface area contributed by atoms with E-state index in [1.807, 2.05) is 97.9 Å². The number of para-hydroxylation sites is 1. The molecule has 0 radical (unpaired) electrons. The predicted octanol–water partition coefficient (Wildman–Crippen LogP) is 4.83. The summed E-state index contributed by atoms with van der Waals surface area (Å²) in [5.74, 6) is 0.541. The van der Waals surface area contributed by atoms with E-state index in [1.165, 1.54) is 5.56 Å². The molecule has 0 aromatic heterocycles. The number of amidine groups is 1. The number of amides is 1. The fraction of sp³-hybridized carbons (Fsp3) is 0.0435. The van der Waals surface area contributed by atoms with E-state index >= 15 is 0 Å². The minimum Gasteiger partial charge on any atom is -0.266 e. The Bertz CT molecular complexity index is 987. The van der Waals surface area contributed by atoms with Gasteiger partial charge in [-0.15, -0.1) is 0 Å². The first-order chi connectivity index (χ1) is 12.7. The van der Waals surface area contributed by atoms with Gasteiger partial charge in [0.25, 0.3) is 5.91 Å². The summed E-state index contributed by atoms with van der Waals surface area (Å²) in [5.41, 5.74) is 4.30. The highest BCUT2D eigenvalue weighted by Gasteiger charge is 2.32. The quantitative estimate of drug-likeness (QED) is 0.630. The molecule has 1 amide bonds. The van der Waals surface area contributed by atoms with Gasteiger partial charge >= 0.3 is 0 Å². The Kier molecular flexibility index (Phi) is 4.20. The number of anilines is 1. The minimum absolute atomic E-state index is 0.115. The van der Waals surface area contributed by atoms with Gasteiger partial charge in [-0.05, 0) is 30.7 Å². The summed E-state index contributed by atoms with van der Waals surface area (Å²) in [6.45, 7) is 2.04. The van der Waals surface area contributed by atoms with E-state index in [-0.39, 0.29) is 5.91 Å². The zero-order valence-electron chi connectivity index (χ0n) is 14.5. The second-order valence-electron chi connectivity index (χ2n) is 6.22. The minimum atomic E-state index is -0.115. The molecular formula is C23H18N2O. The average molecular weight is 338 g/mol. The summed E-state index contributed by atoms with van der Waals surface area (Å²) in [7, 11) is 0. The molecule has 26 heavy (non-hydrogen) atoms. The summed E-state index contributed by atoms with van der Waals surface area (Å²) in [5, 5.41) is 0. The van der Waals surface area contributed by atoms with E-state index in [9.17, 15) is 4.79 Å². The molecule has 1 aliphatic rings. The van der Waals surface area contributed by atoms with Gasteiger partial charge in [0.05, 0.1) is 5.69 Å². The monoisotopic (exact) mass is 338 g/mol. The largest absolute Gasteiger partial charge is 0.282 e. The van der Waals surface area contributed by atoms with E-state index in [0.717, 1.165) is 16.8 Å². The first-order valence-electron chi connectivity index (χ1n) is 8.54. The number of benzene rings is 3. The topological polar surface area (TPSA) is 32.7 Å². The van der Waals surface area contributed by atoms with Crippen molar-refractivity contribution in [2.24, 2.45) is 4.99 Å². The van der Waals surface area contributed by atoms with Crippen molar-refractivity contribution in [2.45, 2.75) is 6.92 Å². The van der Waals surface area contributed by atoms with Gasteiger partial charge in [-0.25, -0.2) is 4.99 Å². The Morgan fingerprint density at radius 1 is 0.808 bits per heavy atom. The highest BCUT2D eigenvalue weighted by atomic mass is 16.2. The van der Waals surface area contributed by atoms with Crippen LogP contribution in [0.1, 0.15) is 16.7 Å². The second-order valence-corrected chi connectivity index (χ2v) is 6.22. The summed E-state index contributed by atoms with van der Waals surface area (Å²) in [6.07, 6.45) is 1.83. The van der Waals surface area contributed by atoms with Crippen molar-refractivity contribution in [1.82, 2.24) is 0 Å². The fourth-order valence-electron chi connectivity index (χ4n) is 2.94. The van der Waals surface area contributed by atoms with Crippen LogP contribution in [-0.4, -0.2) is 11.7 Å². The van der Waals surface area contributed by atoms with Crippen LogP contribution in [0.5, 0.6) is 0 Å². The molecule has 0 unspecified atom stereocenters. The van der Waals surface area contributed by atoms with Crippen molar-refractivity contribution in [1.29, 1.82) is 0 Å². The van der Waals surface area contributed by atoms with Gasteiger partial charge in [0, 0.05) is 5.56 Å². The molecule has 1 aliphatic heterocycles. The number of carbonyl (C=O) groups is 1. The Balaban J connectivity index is 1.82. The molecule has 4 rings (SSSR count). The molecule has 3 aromatic rings. The Morgan fingerprint density at radius 3 is 2.08 bits per heavy atom. The Morgan fingerprint density at radius 2 is 1.42 bits per heavy atom. The van der Waals surface area contributed by atoms with E-state index in [2.05, 4.69) is 4.99 Å². The summed E-state index contributed by atoms with van der Waals surface area (Å²) >= 11 is 0. The van der Waals surface area contributed by atoms with Gasteiger partial charge in [-0.2, -0.15) is 0 Å². The first-order valence-corrected chi connectivity index (χ1v) is 8.54. The number of rotatable bonds is 3. The maximum atomic E-state index is 13.1. The standard InChI is InChI=1S/C23H18N2O/c1-17-12-14-19(15-13-17)22-24-21(16-18-8-4-2-5-9-18)23(26)25(22)20-10-6-3-7-11-20/h2-16H,1H3/b21-16-. The molecule has 3 aromatic carbocycles. The van der Waals surface area contributed by atoms with Crippen LogP contribution in [-0.2, 0) is 4.79 Å². The van der Waals surface area contributed by atoms with Crippen LogP contribution in [0.4, 0.5) is 5.69 Å². The molecule has 0 saturated heterocycles. The maximum Gasteiger partial charge on any atom is 0.282 e. The number of hydrogen-bond acceptors (Lipinski definition) is 2. The van der Waals surface area contributed by atoms with E-state index in [0.29, 0.717) is 11.5 Å². The van der Waals surface area contributed by atoms with E-state index in [1.54, 1.807) is 4.90 Å². The third kappa shape index (κ3) is 3.07. The van der Waals surface area contributed by atoms with Crippen molar-refractivity contribution in [3.05, 3.63) is 107 Å². The SMILES string of the molecule is Cc1ccc(C2=N/C(=C\c3ccccc3)C(=O)N2c2ccccc2)cc1. The molecule has 0 N–H and O–H groups in total. The lowest BCUT2D eigenvalue weighted by molar-refractivity contribution is -0.113. The molecule has 3 nitrogen and oxygen atoms in total. The lowest BCUT2D eigenvalue weighted by atomic mass is 10.1. The molecule has 0 saturated carbocycles. The molecule has 3 heteroatoms. The Hall–Kier alpha value is -3.46. The molecule has 0 bridgehead atoms. The summed E-state index contributed by atoms with van der Waals surface area (Å²) in [4.78, 5) is 19.5. The van der Waals surface area contributed by atoms with Crippen LogP contribution in [0.2, 0.25) is 0 Å². The van der Waals surface area contributed by atoms with Gasteiger partial charge in [-0.3, -0.25) is 9.69 Å². The smallest absolute Gasteiger partial charge is 0.266 e. The predicted molar refractivity (Wildman–Crippen MR) is 106 cm³/mol.